The highest BCUT2D eigenvalue weighted by Crippen LogP contribution is 2.30. The molecule has 3 aromatic rings. The smallest absolute Gasteiger partial charge is 0.0702 e. The lowest BCUT2D eigenvalue weighted by Gasteiger charge is -2.17. The first-order valence-corrected chi connectivity index (χ1v) is 7.23. The topological polar surface area (TPSA) is 24.9 Å². The Kier molecular flexibility index (Phi) is 3.32. The number of fused-ring (bicyclic) bond motifs is 1. The summed E-state index contributed by atoms with van der Waals surface area (Å²) in [7, 11) is 2.01. The van der Waals surface area contributed by atoms with Gasteiger partial charge >= 0.3 is 0 Å². The molecule has 0 aliphatic rings. The number of aromatic nitrogens is 1. The molecule has 3 rings (SSSR count). The highest BCUT2D eigenvalue weighted by Gasteiger charge is 2.15. The van der Waals surface area contributed by atoms with E-state index in [9.17, 15) is 0 Å². The van der Waals surface area contributed by atoms with Crippen LogP contribution >= 0.6 is 11.3 Å². The van der Waals surface area contributed by atoms with Crippen molar-refractivity contribution in [3.63, 3.8) is 0 Å². The van der Waals surface area contributed by atoms with Crippen molar-refractivity contribution in [3.05, 3.63) is 64.0 Å². The molecule has 1 N–H and O–H groups in total. The van der Waals surface area contributed by atoms with Gasteiger partial charge in [-0.3, -0.25) is 4.98 Å². The summed E-state index contributed by atoms with van der Waals surface area (Å²) in [4.78, 5) is 5.75. The van der Waals surface area contributed by atoms with Gasteiger partial charge in [-0.15, -0.1) is 11.3 Å². The maximum absolute atomic E-state index is 4.37. The van der Waals surface area contributed by atoms with E-state index < -0.39 is 0 Å². The van der Waals surface area contributed by atoms with Gasteiger partial charge in [0, 0.05) is 16.5 Å². The van der Waals surface area contributed by atoms with Crippen LogP contribution in [0.5, 0.6) is 0 Å². The maximum atomic E-state index is 4.37. The van der Waals surface area contributed by atoms with Gasteiger partial charge < -0.3 is 5.32 Å². The van der Waals surface area contributed by atoms with Crippen LogP contribution < -0.4 is 5.32 Å². The van der Waals surface area contributed by atoms with Gasteiger partial charge in [0.2, 0.25) is 0 Å². The molecule has 96 valence electrons. The van der Waals surface area contributed by atoms with Crippen LogP contribution in [0.2, 0.25) is 0 Å². The van der Waals surface area contributed by atoms with E-state index in [4.69, 9.17) is 0 Å². The lowest BCUT2D eigenvalue weighted by Crippen LogP contribution is -2.17. The third-order valence-electron chi connectivity index (χ3n) is 3.41. The van der Waals surface area contributed by atoms with E-state index in [-0.39, 0.29) is 6.04 Å². The second-order valence-electron chi connectivity index (χ2n) is 4.65. The van der Waals surface area contributed by atoms with Crippen LogP contribution in [-0.4, -0.2) is 12.0 Å². The largest absolute Gasteiger partial charge is 0.309 e. The molecule has 0 amide bonds. The molecule has 0 aliphatic carbocycles. The third kappa shape index (κ3) is 2.27. The zero-order chi connectivity index (χ0) is 13.2. The predicted octanol–water partition coefficient (Wildman–Crippen LogP) is 3.91. The summed E-state index contributed by atoms with van der Waals surface area (Å²) < 4.78 is 0. The number of hydrogen-bond acceptors (Lipinski definition) is 3. The molecule has 1 unspecified atom stereocenters. The number of rotatable bonds is 3. The van der Waals surface area contributed by atoms with Gasteiger partial charge in [0.25, 0.3) is 0 Å². The van der Waals surface area contributed by atoms with Crippen LogP contribution in [-0.2, 0) is 0 Å². The molecule has 0 radical (unpaired) electrons. The second-order valence-corrected chi connectivity index (χ2v) is 5.59. The molecule has 3 heteroatoms. The highest BCUT2D eigenvalue weighted by atomic mass is 32.1. The zero-order valence-corrected chi connectivity index (χ0v) is 11.9. The van der Waals surface area contributed by atoms with E-state index in [1.54, 1.807) is 11.3 Å². The average Bonchev–Trinajstić information content (AvgIpc) is 2.86. The minimum atomic E-state index is 0.254. The van der Waals surface area contributed by atoms with Crippen LogP contribution in [0.4, 0.5) is 0 Å². The van der Waals surface area contributed by atoms with Crippen LogP contribution in [0, 0.1) is 6.92 Å². The van der Waals surface area contributed by atoms with Crippen molar-refractivity contribution < 1.29 is 0 Å². The fourth-order valence-electron chi connectivity index (χ4n) is 2.40. The average molecular weight is 268 g/mol. The Morgan fingerprint density at radius 1 is 1.21 bits per heavy atom. The summed E-state index contributed by atoms with van der Waals surface area (Å²) in [5, 5.41) is 6.76. The SMILES string of the molecule is CNC(c1ccc2ncccc2c1)c1sccc1C. The van der Waals surface area contributed by atoms with Crippen molar-refractivity contribution in [2.45, 2.75) is 13.0 Å². The fraction of sp³-hybridized carbons (Fsp3) is 0.188. The standard InChI is InChI=1S/C16H16N2S/c1-11-7-9-19-16(11)15(17-2)13-5-6-14-12(10-13)4-3-8-18-14/h3-10,15,17H,1-2H3. The zero-order valence-electron chi connectivity index (χ0n) is 11.1. The molecule has 0 fully saturated rings. The first kappa shape index (κ1) is 12.3. The van der Waals surface area contributed by atoms with Crippen molar-refractivity contribution >= 4 is 22.2 Å². The monoisotopic (exact) mass is 268 g/mol. The predicted molar refractivity (Wildman–Crippen MR) is 81.7 cm³/mol. The molecule has 2 aromatic heterocycles. The second kappa shape index (κ2) is 5.11. The molecule has 0 saturated carbocycles. The van der Waals surface area contributed by atoms with E-state index in [1.165, 1.54) is 21.4 Å². The summed E-state index contributed by atoms with van der Waals surface area (Å²) in [5.74, 6) is 0. The number of nitrogens with zero attached hydrogens (tertiary/aromatic N) is 1. The van der Waals surface area contributed by atoms with E-state index in [0.29, 0.717) is 0 Å². The molecule has 2 nitrogen and oxygen atoms in total. The maximum Gasteiger partial charge on any atom is 0.0702 e. The quantitative estimate of drug-likeness (QED) is 0.779. The van der Waals surface area contributed by atoms with Crippen molar-refractivity contribution in [2.75, 3.05) is 7.05 Å². The van der Waals surface area contributed by atoms with Crippen LogP contribution in [0.15, 0.2) is 48.0 Å². The molecule has 0 aliphatic heterocycles. The Hall–Kier alpha value is -1.71. The van der Waals surface area contributed by atoms with Crippen molar-refractivity contribution in [1.29, 1.82) is 0 Å². The molecule has 1 atom stereocenters. The first-order valence-electron chi connectivity index (χ1n) is 6.35. The number of nitrogens with one attached hydrogen (secondary N) is 1. The molecule has 0 saturated heterocycles. The molecular formula is C16H16N2S. The number of aryl methyl sites for hydroxylation is 1. The van der Waals surface area contributed by atoms with E-state index in [2.05, 4.69) is 52.9 Å². The van der Waals surface area contributed by atoms with Crippen LogP contribution in [0.25, 0.3) is 10.9 Å². The lowest BCUT2D eigenvalue weighted by atomic mass is 10.0. The van der Waals surface area contributed by atoms with Gasteiger partial charge in [-0.2, -0.15) is 0 Å². The van der Waals surface area contributed by atoms with Gasteiger partial charge in [0.05, 0.1) is 11.6 Å². The molecule has 2 heterocycles. The Balaban J connectivity index is 2.09. The minimum Gasteiger partial charge on any atom is -0.309 e. The summed E-state index contributed by atoms with van der Waals surface area (Å²) in [5.41, 5.74) is 3.67. The summed E-state index contributed by atoms with van der Waals surface area (Å²) >= 11 is 1.80. The van der Waals surface area contributed by atoms with E-state index in [0.717, 1.165) is 5.52 Å². The number of hydrogen-bond donors (Lipinski definition) is 1. The third-order valence-corrected chi connectivity index (χ3v) is 4.50. The van der Waals surface area contributed by atoms with Gasteiger partial charge in [0.15, 0.2) is 0 Å². The van der Waals surface area contributed by atoms with E-state index >= 15 is 0 Å². The van der Waals surface area contributed by atoms with Crippen molar-refractivity contribution in [1.82, 2.24) is 10.3 Å². The summed E-state index contributed by atoms with van der Waals surface area (Å²) in [6, 6.07) is 13.0. The van der Waals surface area contributed by atoms with Gasteiger partial charge in [-0.25, -0.2) is 0 Å². The van der Waals surface area contributed by atoms with Gasteiger partial charge in [0.1, 0.15) is 0 Å². The summed E-state index contributed by atoms with van der Waals surface area (Å²) in [6.45, 7) is 2.17. The minimum absolute atomic E-state index is 0.254. The van der Waals surface area contributed by atoms with Crippen molar-refractivity contribution in [2.24, 2.45) is 0 Å². The molecular weight excluding hydrogens is 252 g/mol. The Bertz CT molecular complexity index is 703. The molecule has 19 heavy (non-hydrogen) atoms. The van der Waals surface area contributed by atoms with Crippen LogP contribution in [0.1, 0.15) is 22.0 Å². The van der Waals surface area contributed by atoms with E-state index in [1.807, 2.05) is 19.3 Å². The summed E-state index contributed by atoms with van der Waals surface area (Å²) in [6.07, 6.45) is 1.83. The van der Waals surface area contributed by atoms with Crippen LogP contribution in [0.3, 0.4) is 0 Å². The van der Waals surface area contributed by atoms with Crippen molar-refractivity contribution in [3.8, 4) is 0 Å². The number of pyridine rings is 1. The number of benzene rings is 1. The highest BCUT2D eigenvalue weighted by molar-refractivity contribution is 7.10. The molecule has 0 bridgehead atoms. The Morgan fingerprint density at radius 2 is 2.11 bits per heavy atom. The first-order chi connectivity index (χ1) is 9.29. The fourth-order valence-corrected chi connectivity index (χ4v) is 3.47. The normalized spacial score (nSPS) is 12.7. The van der Waals surface area contributed by atoms with Gasteiger partial charge in [-0.05, 0) is 54.7 Å². The van der Waals surface area contributed by atoms with Gasteiger partial charge in [-0.1, -0.05) is 12.1 Å². The molecule has 1 aromatic carbocycles. The lowest BCUT2D eigenvalue weighted by molar-refractivity contribution is 0.701. The number of thiophene rings is 1. The Labute approximate surface area is 117 Å². The molecule has 0 spiro atoms. The Morgan fingerprint density at radius 3 is 2.84 bits per heavy atom.